The molecule has 0 heterocycles. The van der Waals surface area contributed by atoms with E-state index in [4.69, 9.17) is 20.9 Å². The molecule has 0 aromatic carbocycles. The normalized spacial score (nSPS) is 43.0. The second kappa shape index (κ2) is 4.18. The number of nitrogens with two attached hydrogens (primary N) is 2. The van der Waals surface area contributed by atoms with Crippen LogP contribution >= 0.6 is 0 Å². The van der Waals surface area contributed by atoms with Gasteiger partial charge in [-0.3, -0.25) is 0 Å². The molecule has 0 aromatic heterocycles. The van der Waals surface area contributed by atoms with E-state index in [1.165, 1.54) is 0 Å². The van der Waals surface area contributed by atoms with Gasteiger partial charge in [0.25, 0.3) is 0 Å². The van der Waals surface area contributed by atoms with E-state index in [2.05, 4.69) is 0 Å². The molecule has 4 N–H and O–H groups in total. The third-order valence-corrected chi connectivity index (χ3v) is 2.64. The topological polar surface area (TPSA) is 70.5 Å². The first kappa shape index (κ1) is 9.92. The smallest absolute Gasteiger partial charge is 0.0739 e. The minimum absolute atomic E-state index is 0.0893. The van der Waals surface area contributed by atoms with Gasteiger partial charge in [0.1, 0.15) is 0 Å². The Morgan fingerprint density at radius 3 is 1.50 bits per heavy atom. The largest absolute Gasteiger partial charge is 0.380 e. The summed E-state index contributed by atoms with van der Waals surface area (Å²) < 4.78 is 10.4. The van der Waals surface area contributed by atoms with Crippen molar-refractivity contribution < 1.29 is 9.47 Å². The molecule has 0 aromatic rings. The zero-order valence-corrected chi connectivity index (χ0v) is 7.69. The molecule has 1 aliphatic rings. The van der Waals surface area contributed by atoms with E-state index < -0.39 is 0 Å². The van der Waals surface area contributed by atoms with Gasteiger partial charge in [-0.15, -0.1) is 0 Å². The van der Waals surface area contributed by atoms with Crippen molar-refractivity contribution in [3.8, 4) is 0 Å². The molecular formula is C8H18N2O2. The summed E-state index contributed by atoms with van der Waals surface area (Å²) in [6.07, 6.45) is 2.05. The molecule has 0 amide bonds. The Morgan fingerprint density at radius 1 is 0.917 bits per heavy atom. The highest BCUT2D eigenvalue weighted by molar-refractivity contribution is 4.94. The number of hydrogen-bond donors (Lipinski definition) is 2. The predicted octanol–water partition coefficient (Wildman–Crippen LogP) is -0.535. The van der Waals surface area contributed by atoms with Crippen LogP contribution in [0.5, 0.6) is 0 Å². The summed E-state index contributed by atoms with van der Waals surface area (Å²) in [6.45, 7) is 0. The van der Waals surface area contributed by atoms with Crippen LogP contribution in [0.3, 0.4) is 0 Å². The lowest BCUT2D eigenvalue weighted by molar-refractivity contribution is -0.0216. The molecule has 0 radical (unpaired) electrons. The zero-order valence-electron chi connectivity index (χ0n) is 7.69. The predicted molar refractivity (Wildman–Crippen MR) is 46.8 cm³/mol. The third-order valence-electron chi connectivity index (χ3n) is 2.64. The lowest BCUT2D eigenvalue weighted by atomic mass is 9.86. The summed E-state index contributed by atoms with van der Waals surface area (Å²) in [5, 5.41) is 0. The molecule has 4 nitrogen and oxygen atoms in total. The summed E-state index contributed by atoms with van der Waals surface area (Å²) in [7, 11) is 3.34. The van der Waals surface area contributed by atoms with Gasteiger partial charge in [-0.2, -0.15) is 0 Å². The maximum Gasteiger partial charge on any atom is 0.0739 e. The van der Waals surface area contributed by atoms with Crippen LogP contribution in [-0.4, -0.2) is 38.5 Å². The molecule has 12 heavy (non-hydrogen) atoms. The summed E-state index contributed by atoms with van der Waals surface area (Å²) in [6, 6.07) is -0.206. The van der Waals surface area contributed by atoms with Crippen molar-refractivity contribution in [2.45, 2.75) is 37.1 Å². The molecule has 0 saturated heterocycles. The molecule has 1 fully saturated rings. The van der Waals surface area contributed by atoms with Crippen molar-refractivity contribution in [3.63, 3.8) is 0 Å². The van der Waals surface area contributed by atoms with Crippen LogP contribution in [-0.2, 0) is 9.47 Å². The van der Waals surface area contributed by atoms with Crippen molar-refractivity contribution in [1.82, 2.24) is 0 Å². The highest BCUT2D eigenvalue weighted by Crippen LogP contribution is 2.20. The van der Waals surface area contributed by atoms with Crippen LogP contribution in [0.25, 0.3) is 0 Å². The fraction of sp³-hybridized carbons (Fsp3) is 1.00. The zero-order chi connectivity index (χ0) is 9.14. The van der Waals surface area contributed by atoms with Crippen LogP contribution in [0.4, 0.5) is 0 Å². The van der Waals surface area contributed by atoms with E-state index in [0.717, 1.165) is 12.8 Å². The maximum atomic E-state index is 5.87. The highest BCUT2D eigenvalue weighted by Gasteiger charge is 2.35. The molecule has 1 rings (SSSR count). The van der Waals surface area contributed by atoms with Gasteiger partial charge in [0.2, 0.25) is 0 Å². The fourth-order valence-corrected chi connectivity index (χ4v) is 1.76. The fourth-order valence-electron chi connectivity index (χ4n) is 1.76. The van der Waals surface area contributed by atoms with Gasteiger partial charge in [-0.25, -0.2) is 0 Å². The molecule has 72 valence electrons. The maximum absolute atomic E-state index is 5.87. The standard InChI is InChI=1S/C8H18N2O2/c1-11-5-3-4-6(12-2)8(10)7(5)9/h5-8H,3-4,9-10H2,1-2H3/t5-,6-,7-,8-/m1/s1. The van der Waals surface area contributed by atoms with Gasteiger partial charge in [-0.1, -0.05) is 0 Å². The Hall–Kier alpha value is -0.160. The van der Waals surface area contributed by atoms with E-state index in [-0.39, 0.29) is 24.3 Å². The highest BCUT2D eigenvalue weighted by atomic mass is 16.5. The van der Waals surface area contributed by atoms with Gasteiger partial charge in [-0.05, 0) is 12.8 Å². The van der Waals surface area contributed by atoms with Crippen molar-refractivity contribution in [2.24, 2.45) is 11.5 Å². The number of rotatable bonds is 2. The minimum Gasteiger partial charge on any atom is -0.380 e. The van der Waals surface area contributed by atoms with Gasteiger partial charge < -0.3 is 20.9 Å². The number of hydrogen-bond acceptors (Lipinski definition) is 4. The first-order valence-corrected chi connectivity index (χ1v) is 4.27. The lowest BCUT2D eigenvalue weighted by Crippen LogP contribution is -2.59. The minimum atomic E-state index is -0.103. The Labute approximate surface area is 73.2 Å². The number of methoxy groups -OCH3 is 2. The van der Waals surface area contributed by atoms with Crippen molar-refractivity contribution >= 4 is 0 Å². The SMILES string of the molecule is CO[C@@H]1CC[C@@H](OC)[C@@H](N)[C@@H]1N. The molecule has 0 spiro atoms. The van der Waals surface area contributed by atoms with E-state index in [1.54, 1.807) is 14.2 Å². The Balaban J connectivity index is 2.52. The van der Waals surface area contributed by atoms with Crippen molar-refractivity contribution in [1.29, 1.82) is 0 Å². The van der Waals surface area contributed by atoms with Gasteiger partial charge in [0, 0.05) is 26.3 Å². The summed E-state index contributed by atoms with van der Waals surface area (Å²) >= 11 is 0. The summed E-state index contributed by atoms with van der Waals surface area (Å²) in [5.41, 5.74) is 11.7. The third kappa shape index (κ3) is 1.77. The van der Waals surface area contributed by atoms with Crippen LogP contribution in [0.15, 0.2) is 0 Å². The Morgan fingerprint density at radius 2 is 1.25 bits per heavy atom. The molecule has 0 unspecified atom stereocenters. The Kier molecular flexibility index (Phi) is 3.46. The van der Waals surface area contributed by atoms with Gasteiger partial charge in [0.05, 0.1) is 12.2 Å². The van der Waals surface area contributed by atoms with Gasteiger partial charge >= 0.3 is 0 Å². The second-order valence-corrected chi connectivity index (χ2v) is 3.28. The summed E-state index contributed by atoms with van der Waals surface area (Å²) in [4.78, 5) is 0. The molecule has 0 aliphatic heterocycles. The van der Waals surface area contributed by atoms with Crippen LogP contribution in [0, 0.1) is 0 Å². The lowest BCUT2D eigenvalue weighted by Gasteiger charge is -2.37. The van der Waals surface area contributed by atoms with E-state index >= 15 is 0 Å². The molecule has 4 atom stereocenters. The molecule has 4 heteroatoms. The first-order chi connectivity index (χ1) is 5.70. The average molecular weight is 174 g/mol. The number of ether oxygens (including phenoxy) is 2. The monoisotopic (exact) mass is 174 g/mol. The molecule has 1 saturated carbocycles. The van der Waals surface area contributed by atoms with Crippen LogP contribution in [0.2, 0.25) is 0 Å². The first-order valence-electron chi connectivity index (χ1n) is 4.27. The van der Waals surface area contributed by atoms with Crippen LogP contribution in [0.1, 0.15) is 12.8 Å². The average Bonchev–Trinajstić information content (AvgIpc) is 2.10. The van der Waals surface area contributed by atoms with E-state index in [1.807, 2.05) is 0 Å². The second-order valence-electron chi connectivity index (χ2n) is 3.28. The van der Waals surface area contributed by atoms with Crippen molar-refractivity contribution in [2.75, 3.05) is 14.2 Å². The molecular weight excluding hydrogens is 156 g/mol. The molecule has 0 bridgehead atoms. The Bertz CT molecular complexity index is 127. The van der Waals surface area contributed by atoms with E-state index in [9.17, 15) is 0 Å². The van der Waals surface area contributed by atoms with Crippen LogP contribution < -0.4 is 11.5 Å². The van der Waals surface area contributed by atoms with Gasteiger partial charge in [0.15, 0.2) is 0 Å². The summed E-state index contributed by atoms with van der Waals surface area (Å²) in [5.74, 6) is 0. The molecule has 1 aliphatic carbocycles. The van der Waals surface area contributed by atoms with E-state index in [0.29, 0.717) is 0 Å². The quantitative estimate of drug-likeness (QED) is 0.590. The van der Waals surface area contributed by atoms with Crippen molar-refractivity contribution in [3.05, 3.63) is 0 Å².